The quantitative estimate of drug-likeness (QED) is 0.773. The molecule has 4 nitrogen and oxygen atoms in total. The number of piperidine rings is 1. The summed E-state index contributed by atoms with van der Waals surface area (Å²) in [6.07, 6.45) is 3.17. The van der Waals surface area contributed by atoms with E-state index >= 15 is 0 Å². The highest BCUT2D eigenvalue weighted by Crippen LogP contribution is 2.29. The van der Waals surface area contributed by atoms with Gasteiger partial charge in [-0.05, 0) is 66.3 Å². The predicted molar refractivity (Wildman–Crippen MR) is 91.8 cm³/mol. The van der Waals surface area contributed by atoms with Crippen molar-refractivity contribution in [2.24, 2.45) is 5.92 Å². The van der Waals surface area contributed by atoms with Crippen LogP contribution in [0.1, 0.15) is 19.3 Å². The number of sulfonamides is 1. The number of halogens is 3. The zero-order valence-electron chi connectivity index (χ0n) is 11.4. The molecule has 0 amide bonds. The van der Waals surface area contributed by atoms with Crippen molar-refractivity contribution in [1.82, 2.24) is 10.0 Å². The summed E-state index contributed by atoms with van der Waals surface area (Å²) >= 11 is 9.27. The molecule has 21 heavy (non-hydrogen) atoms. The third kappa shape index (κ3) is 5.37. The second-order valence-corrected chi connectivity index (χ2v) is 7.92. The van der Waals surface area contributed by atoms with Gasteiger partial charge in [-0.1, -0.05) is 17.7 Å². The topological polar surface area (TPSA) is 58.2 Å². The van der Waals surface area contributed by atoms with Gasteiger partial charge < -0.3 is 5.32 Å². The molecule has 1 fully saturated rings. The van der Waals surface area contributed by atoms with Gasteiger partial charge in [0.15, 0.2) is 0 Å². The van der Waals surface area contributed by atoms with Crippen LogP contribution in [-0.4, -0.2) is 28.1 Å². The summed E-state index contributed by atoms with van der Waals surface area (Å²) in [6.45, 7) is 2.48. The van der Waals surface area contributed by atoms with Crippen LogP contribution in [0.3, 0.4) is 0 Å². The van der Waals surface area contributed by atoms with Gasteiger partial charge in [0.25, 0.3) is 0 Å². The van der Waals surface area contributed by atoms with Crippen LogP contribution >= 0.6 is 39.9 Å². The van der Waals surface area contributed by atoms with Crippen LogP contribution in [0.2, 0.25) is 5.02 Å². The Bertz CT molecular complexity index is 563. The Labute approximate surface area is 145 Å². The van der Waals surface area contributed by atoms with E-state index in [0.29, 0.717) is 16.9 Å². The van der Waals surface area contributed by atoms with Crippen molar-refractivity contribution in [2.75, 3.05) is 19.6 Å². The van der Waals surface area contributed by atoms with Crippen LogP contribution in [0.25, 0.3) is 0 Å². The second kappa shape index (κ2) is 8.70. The van der Waals surface area contributed by atoms with Gasteiger partial charge in [-0.2, -0.15) is 0 Å². The van der Waals surface area contributed by atoms with Gasteiger partial charge in [0, 0.05) is 11.0 Å². The molecule has 1 aliphatic heterocycles. The zero-order chi connectivity index (χ0) is 14.6. The molecule has 1 aromatic carbocycles. The van der Waals surface area contributed by atoms with Gasteiger partial charge in [-0.25, -0.2) is 13.1 Å². The van der Waals surface area contributed by atoms with Crippen LogP contribution in [-0.2, 0) is 10.0 Å². The van der Waals surface area contributed by atoms with E-state index in [2.05, 4.69) is 26.0 Å². The maximum absolute atomic E-state index is 12.2. The van der Waals surface area contributed by atoms with E-state index in [0.717, 1.165) is 32.4 Å². The average Bonchev–Trinajstić information content (AvgIpc) is 2.42. The molecule has 1 aromatic rings. The van der Waals surface area contributed by atoms with E-state index < -0.39 is 10.0 Å². The third-order valence-corrected chi connectivity index (χ3v) is 6.36. The molecule has 1 atom stereocenters. The molecule has 0 saturated carbocycles. The second-order valence-electron chi connectivity index (χ2n) is 4.95. The number of hydrogen-bond acceptors (Lipinski definition) is 3. The molecule has 0 radical (unpaired) electrons. The van der Waals surface area contributed by atoms with Crippen molar-refractivity contribution in [3.63, 3.8) is 0 Å². The largest absolute Gasteiger partial charge is 0.316 e. The molecule has 0 aromatic heterocycles. The highest BCUT2D eigenvalue weighted by atomic mass is 79.9. The fourth-order valence-corrected chi connectivity index (χ4v) is 4.41. The fraction of sp³-hybridized carbons (Fsp3) is 0.538. The maximum atomic E-state index is 12.2. The third-order valence-electron chi connectivity index (χ3n) is 3.45. The minimum absolute atomic E-state index is 0. The van der Waals surface area contributed by atoms with Crippen molar-refractivity contribution in [3.05, 3.63) is 27.7 Å². The van der Waals surface area contributed by atoms with E-state index in [-0.39, 0.29) is 22.3 Å². The molecular weight excluding hydrogens is 399 g/mol. The van der Waals surface area contributed by atoms with Gasteiger partial charge >= 0.3 is 0 Å². The van der Waals surface area contributed by atoms with Crippen LogP contribution in [0.15, 0.2) is 27.6 Å². The van der Waals surface area contributed by atoms with Crippen molar-refractivity contribution in [1.29, 1.82) is 0 Å². The first-order valence-electron chi connectivity index (χ1n) is 6.65. The van der Waals surface area contributed by atoms with Crippen molar-refractivity contribution < 1.29 is 8.42 Å². The van der Waals surface area contributed by atoms with Crippen molar-refractivity contribution >= 4 is 50.0 Å². The number of rotatable bonds is 5. The zero-order valence-corrected chi connectivity index (χ0v) is 15.4. The molecule has 0 bridgehead atoms. The minimum atomic E-state index is -3.55. The Hall–Kier alpha value is 0.150. The van der Waals surface area contributed by atoms with Crippen molar-refractivity contribution in [2.45, 2.75) is 24.2 Å². The number of benzene rings is 1. The van der Waals surface area contributed by atoms with Crippen LogP contribution in [0.4, 0.5) is 0 Å². The minimum Gasteiger partial charge on any atom is -0.316 e. The molecule has 1 aliphatic rings. The van der Waals surface area contributed by atoms with Gasteiger partial charge in [-0.15, -0.1) is 12.4 Å². The SMILES string of the molecule is Cl.O=S(=O)(NCCC1CCCNC1)c1cccc(Br)c1Cl. The van der Waals surface area contributed by atoms with Gasteiger partial charge in [-0.3, -0.25) is 0 Å². The van der Waals surface area contributed by atoms with Crippen LogP contribution in [0, 0.1) is 5.92 Å². The maximum Gasteiger partial charge on any atom is 0.242 e. The Morgan fingerprint density at radius 2 is 2.19 bits per heavy atom. The molecule has 1 heterocycles. The molecule has 0 aliphatic carbocycles. The molecule has 1 unspecified atom stereocenters. The smallest absolute Gasteiger partial charge is 0.242 e. The van der Waals surface area contributed by atoms with Crippen molar-refractivity contribution in [3.8, 4) is 0 Å². The summed E-state index contributed by atoms with van der Waals surface area (Å²) < 4.78 is 27.6. The summed E-state index contributed by atoms with van der Waals surface area (Å²) in [4.78, 5) is 0.121. The Kier molecular flexibility index (Phi) is 7.95. The molecule has 2 rings (SSSR count). The lowest BCUT2D eigenvalue weighted by molar-refractivity contribution is 0.358. The highest BCUT2D eigenvalue weighted by Gasteiger charge is 2.20. The predicted octanol–water partition coefficient (Wildman–Crippen LogP) is 3.19. The monoisotopic (exact) mass is 416 g/mol. The van der Waals surface area contributed by atoms with Gasteiger partial charge in [0.1, 0.15) is 4.90 Å². The summed E-state index contributed by atoms with van der Waals surface area (Å²) in [6, 6.07) is 4.89. The Morgan fingerprint density at radius 3 is 2.86 bits per heavy atom. The molecule has 2 N–H and O–H groups in total. The van der Waals surface area contributed by atoms with Crippen LogP contribution < -0.4 is 10.0 Å². The van der Waals surface area contributed by atoms with Gasteiger partial charge in [0.05, 0.1) is 5.02 Å². The first-order valence-corrected chi connectivity index (χ1v) is 9.30. The lowest BCUT2D eigenvalue weighted by Crippen LogP contribution is -2.33. The average molecular weight is 418 g/mol. The highest BCUT2D eigenvalue weighted by molar-refractivity contribution is 9.10. The fourth-order valence-electron chi connectivity index (χ4n) is 2.34. The Morgan fingerprint density at radius 1 is 1.43 bits per heavy atom. The van der Waals surface area contributed by atoms with Crippen LogP contribution in [0.5, 0.6) is 0 Å². The first kappa shape index (κ1) is 19.2. The summed E-state index contributed by atoms with van der Waals surface area (Å²) in [5.74, 6) is 0.546. The molecule has 120 valence electrons. The number of hydrogen-bond donors (Lipinski definition) is 2. The molecule has 8 heteroatoms. The number of nitrogens with one attached hydrogen (secondary N) is 2. The van der Waals surface area contributed by atoms with E-state index in [1.54, 1.807) is 12.1 Å². The van der Waals surface area contributed by atoms with E-state index in [1.165, 1.54) is 6.07 Å². The van der Waals surface area contributed by atoms with Gasteiger partial charge in [0.2, 0.25) is 10.0 Å². The first-order chi connectivity index (χ1) is 9.50. The Balaban J connectivity index is 0.00000220. The summed E-state index contributed by atoms with van der Waals surface area (Å²) in [5, 5.41) is 3.55. The van der Waals surface area contributed by atoms with E-state index in [9.17, 15) is 8.42 Å². The summed E-state index contributed by atoms with van der Waals surface area (Å²) in [7, 11) is -3.55. The molecular formula is C13H19BrCl2N2O2S. The molecule has 0 spiro atoms. The van der Waals surface area contributed by atoms with E-state index in [4.69, 9.17) is 11.6 Å². The lowest BCUT2D eigenvalue weighted by Gasteiger charge is -2.22. The normalized spacial score (nSPS) is 19.0. The lowest BCUT2D eigenvalue weighted by atomic mass is 9.96. The summed E-state index contributed by atoms with van der Waals surface area (Å²) in [5.41, 5.74) is 0. The van der Waals surface area contributed by atoms with E-state index in [1.807, 2.05) is 0 Å². The standard InChI is InChI=1S/C13H18BrClN2O2S.ClH/c14-11-4-1-5-12(13(11)15)20(18,19)17-8-6-10-3-2-7-16-9-10;/h1,4-5,10,16-17H,2-3,6-9H2;1H. The molecule has 1 saturated heterocycles.